The van der Waals surface area contributed by atoms with Gasteiger partial charge in [-0.3, -0.25) is 0 Å². The lowest BCUT2D eigenvalue weighted by Gasteiger charge is -2.20. The van der Waals surface area contributed by atoms with Gasteiger partial charge in [-0.1, -0.05) is 0 Å². The molecule has 0 unspecified atom stereocenters. The number of hydrogen-bond acceptors (Lipinski definition) is 3. The van der Waals surface area contributed by atoms with Gasteiger partial charge in [0, 0.05) is 4.90 Å². The van der Waals surface area contributed by atoms with Gasteiger partial charge in [-0.05, 0) is 54.6 Å². The molecule has 1 rings (SSSR count). The topological polar surface area (TPSA) is 26.3 Å². The first-order valence-electron chi connectivity index (χ1n) is 5.08. The minimum absolute atomic E-state index is 0.140. The van der Waals surface area contributed by atoms with Crippen molar-refractivity contribution in [3.8, 4) is 0 Å². The molecular formula is C11H9ClF4O2S. The first-order chi connectivity index (χ1) is 8.67. The molecule has 1 aromatic rings. The number of carbonyl (C=O) groups is 1. The summed E-state index contributed by atoms with van der Waals surface area (Å²) in [6.45, 7) is 1.79. The summed E-state index contributed by atoms with van der Waals surface area (Å²) >= 11 is 3.94. The van der Waals surface area contributed by atoms with Crippen molar-refractivity contribution in [3.05, 3.63) is 29.8 Å². The fraction of sp³-hybridized carbons (Fsp3) is 0.364. The number of rotatable bonds is 5. The summed E-state index contributed by atoms with van der Waals surface area (Å²) in [5.74, 6) is -0.617. The van der Waals surface area contributed by atoms with Crippen LogP contribution in [0.5, 0.6) is 0 Å². The van der Waals surface area contributed by atoms with Crippen LogP contribution in [-0.2, 0) is 4.74 Å². The van der Waals surface area contributed by atoms with Gasteiger partial charge in [0.1, 0.15) is 0 Å². The largest absolute Gasteiger partial charge is 0.462 e. The summed E-state index contributed by atoms with van der Waals surface area (Å²) < 4.78 is 55.5. The van der Waals surface area contributed by atoms with E-state index in [-0.39, 0.29) is 28.8 Å². The maximum atomic E-state index is 13.0. The van der Waals surface area contributed by atoms with Gasteiger partial charge in [0.15, 0.2) is 0 Å². The summed E-state index contributed by atoms with van der Waals surface area (Å²) in [7, 11) is 0. The average Bonchev–Trinajstić information content (AvgIpc) is 2.28. The normalized spacial score (nSPS) is 12.3. The van der Waals surface area contributed by atoms with Gasteiger partial charge in [-0.2, -0.15) is 17.6 Å². The van der Waals surface area contributed by atoms with E-state index in [0.717, 1.165) is 12.1 Å². The SMILES string of the molecule is CCOC(=O)c1ccc(SC(F)(F)C(F)(F)Cl)cc1. The molecule has 0 fully saturated rings. The molecule has 0 spiro atoms. The number of benzene rings is 1. The van der Waals surface area contributed by atoms with Gasteiger partial charge >= 0.3 is 16.6 Å². The van der Waals surface area contributed by atoms with Crippen LogP contribution in [0.4, 0.5) is 17.6 Å². The zero-order valence-electron chi connectivity index (χ0n) is 9.63. The summed E-state index contributed by atoms with van der Waals surface area (Å²) in [6, 6.07) is 4.66. The van der Waals surface area contributed by atoms with E-state index in [9.17, 15) is 22.4 Å². The molecule has 8 heteroatoms. The smallest absolute Gasteiger partial charge is 0.394 e. The van der Waals surface area contributed by atoms with E-state index in [0.29, 0.717) is 0 Å². The Bertz CT molecular complexity index is 445. The Hall–Kier alpha value is -0.950. The standard InChI is InChI=1S/C11H9ClF4O2S/c1-2-18-9(17)7-3-5-8(6-4-7)19-11(15,16)10(12,13)14/h3-6H,2H2,1H3. The van der Waals surface area contributed by atoms with Crippen molar-refractivity contribution in [2.24, 2.45) is 0 Å². The summed E-state index contributed by atoms with van der Waals surface area (Å²) in [5, 5.41) is -9.10. The first kappa shape index (κ1) is 16.1. The van der Waals surface area contributed by atoms with E-state index in [4.69, 9.17) is 0 Å². The Morgan fingerprint density at radius 2 is 1.79 bits per heavy atom. The quantitative estimate of drug-likeness (QED) is 0.349. The Kier molecular flexibility index (Phi) is 5.09. The van der Waals surface area contributed by atoms with E-state index in [1.807, 2.05) is 0 Å². The molecule has 2 nitrogen and oxygen atoms in total. The molecule has 0 amide bonds. The van der Waals surface area contributed by atoms with Crippen LogP contribution < -0.4 is 0 Å². The number of thioether (sulfide) groups is 1. The third-order valence-corrected chi connectivity index (χ3v) is 3.31. The van der Waals surface area contributed by atoms with Crippen molar-refractivity contribution < 1.29 is 27.1 Å². The minimum atomic E-state index is -4.66. The fourth-order valence-electron chi connectivity index (χ4n) is 1.08. The van der Waals surface area contributed by atoms with Crippen molar-refractivity contribution in [2.45, 2.75) is 22.5 Å². The molecule has 0 atom stereocenters. The second kappa shape index (κ2) is 6.00. The highest BCUT2D eigenvalue weighted by Gasteiger charge is 2.56. The molecule has 0 aromatic heterocycles. The van der Waals surface area contributed by atoms with E-state index in [1.165, 1.54) is 12.1 Å². The molecule has 106 valence electrons. The Labute approximate surface area is 116 Å². The summed E-state index contributed by atoms with van der Waals surface area (Å²) in [5.41, 5.74) is 0.146. The second-order valence-corrected chi connectivity index (χ2v) is 5.02. The molecule has 0 saturated carbocycles. The predicted octanol–water partition coefficient (Wildman–Crippen LogP) is 4.38. The molecule has 0 bridgehead atoms. The van der Waals surface area contributed by atoms with Crippen molar-refractivity contribution in [2.75, 3.05) is 6.61 Å². The Morgan fingerprint density at radius 3 is 2.21 bits per heavy atom. The fourth-order valence-corrected chi connectivity index (χ4v) is 1.88. The first-order valence-corrected chi connectivity index (χ1v) is 6.27. The van der Waals surface area contributed by atoms with Crippen LogP contribution >= 0.6 is 23.4 Å². The molecule has 0 aliphatic rings. The maximum Gasteiger partial charge on any atom is 0.394 e. The van der Waals surface area contributed by atoms with Crippen LogP contribution in [0.3, 0.4) is 0 Å². The Balaban J connectivity index is 2.81. The van der Waals surface area contributed by atoms with Crippen LogP contribution in [0.25, 0.3) is 0 Å². The van der Waals surface area contributed by atoms with E-state index >= 15 is 0 Å². The number of hydrogen-bond donors (Lipinski definition) is 0. The number of alkyl halides is 5. The second-order valence-electron chi connectivity index (χ2n) is 3.36. The van der Waals surface area contributed by atoms with E-state index in [2.05, 4.69) is 16.3 Å². The number of esters is 1. The highest BCUT2D eigenvalue weighted by atomic mass is 35.5. The molecular weight excluding hydrogens is 308 g/mol. The van der Waals surface area contributed by atoms with E-state index in [1.54, 1.807) is 6.92 Å². The monoisotopic (exact) mass is 316 g/mol. The number of halogens is 5. The van der Waals surface area contributed by atoms with Crippen molar-refractivity contribution in [1.82, 2.24) is 0 Å². The molecule has 0 saturated heterocycles. The van der Waals surface area contributed by atoms with Gasteiger partial charge in [0.05, 0.1) is 12.2 Å². The lowest BCUT2D eigenvalue weighted by atomic mass is 10.2. The number of ether oxygens (including phenoxy) is 1. The van der Waals surface area contributed by atoms with Crippen molar-refractivity contribution >= 4 is 29.3 Å². The van der Waals surface area contributed by atoms with Crippen molar-refractivity contribution in [3.63, 3.8) is 0 Å². The average molecular weight is 317 g/mol. The molecule has 0 heterocycles. The van der Waals surface area contributed by atoms with Gasteiger partial charge < -0.3 is 4.74 Å². The highest BCUT2D eigenvalue weighted by molar-refractivity contribution is 8.00. The number of carbonyl (C=O) groups excluding carboxylic acids is 1. The van der Waals surface area contributed by atoms with Crippen molar-refractivity contribution in [1.29, 1.82) is 0 Å². The zero-order chi connectivity index (χ0) is 14.7. The third kappa shape index (κ3) is 4.28. The third-order valence-electron chi connectivity index (χ3n) is 1.94. The summed E-state index contributed by atoms with van der Waals surface area (Å²) in [6.07, 6.45) is 0. The highest BCUT2D eigenvalue weighted by Crippen LogP contribution is 2.48. The molecule has 1 aromatic carbocycles. The maximum absolute atomic E-state index is 13.0. The molecule has 0 radical (unpaired) electrons. The zero-order valence-corrected chi connectivity index (χ0v) is 11.2. The lowest BCUT2D eigenvalue weighted by molar-refractivity contribution is -0.0897. The molecule has 0 aliphatic carbocycles. The van der Waals surface area contributed by atoms with E-state index < -0.39 is 16.6 Å². The van der Waals surface area contributed by atoms with Crippen LogP contribution in [0.1, 0.15) is 17.3 Å². The molecule has 0 aliphatic heterocycles. The van der Waals surface area contributed by atoms with Gasteiger partial charge in [-0.15, -0.1) is 0 Å². The van der Waals surface area contributed by atoms with Gasteiger partial charge in [-0.25, -0.2) is 4.79 Å². The van der Waals surface area contributed by atoms with Crippen LogP contribution in [0, 0.1) is 0 Å². The van der Waals surface area contributed by atoms with Crippen LogP contribution in [-0.4, -0.2) is 23.2 Å². The van der Waals surface area contributed by atoms with Gasteiger partial charge in [0.25, 0.3) is 0 Å². The molecule has 19 heavy (non-hydrogen) atoms. The minimum Gasteiger partial charge on any atom is -0.462 e. The van der Waals surface area contributed by atoms with Crippen LogP contribution in [0.2, 0.25) is 0 Å². The van der Waals surface area contributed by atoms with Gasteiger partial charge in [0.2, 0.25) is 0 Å². The predicted molar refractivity (Wildman–Crippen MR) is 64.0 cm³/mol. The molecule has 0 N–H and O–H groups in total. The van der Waals surface area contributed by atoms with Crippen LogP contribution in [0.15, 0.2) is 29.2 Å². The summed E-state index contributed by atoms with van der Waals surface area (Å²) in [4.78, 5) is 11.1. The lowest BCUT2D eigenvalue weighted by Crippen LogP contribution is -2.31. The Morgan fingerprint density at radius 1 is 1.26 bits per heavy atom.